The maximum atomic E-state index is 5.38. The number of hydrogen-bond acceptors (Lipinski definition) is 4. The maximum absolute atomic E-state index is 5.38. The number of halogens is 2. The average Bonchev–Trinajstić information content (AvgIpc) is 2.49. The summed E-state index contributed by atoms with van der Waals surface area (Å²) in [5, 5.41) is 3.38. The van der Waals surface area contributed by atoms with Crippen molar-refractivity contribution in [3.05, 3.63) is 24.3 Å². The smallest absolute Gasteiger partial charge is 0.0642 e. The van der Waals surface area contributed by atoms with Gasteiger partial charge in [0, 0.05) is 50.6 Å². The van der Waals surface area contributed by atoms with E-state index in [1.165, 1.54) is 11.4 Å². The summed E-state index contributed by atoms with van der Waals surface area (Å²) in [5.74, 6) is 0. The number of morpholine rings is 1. The maximum Gasteiger partial charge on any atom is 0.0642 e. The fourth-order valence-corrected chi connectivity index (χ4v) is 2.62. The zero-order chi connectivity index (χ0) is 12.2. The van der Waals surface area contributed by atoms with E-state index in [4.69, 9.17) is 4.74 Å². The van der Waals surface area contributed by atoms with Crippen LogP contribution in [0.1, 0.15) is 0 Å². The highest BCUT2D eigenvalue weighted by atomic mass is 79.9. The van der Waals surface area contributed by atoms with Crippen LogP contribution in [0.5, 0.6) is 0 Å². The Kier molecular flexibility index (Phi) is 7.87. The molecule has 3 rings (SSSR count). The Labute approximate surface area is 142 Å². The second-order valence-corrected chi connectivity index (χ2v) is 4.85. The van der Waals surface area contributed by atoms with E-state index in [-0.39, 0.29) is 34.0 Å². The normalized spacial score (nSPS) is 19.0. The number of ether oxygens (including phenoxy) is 1. The fraction of sp³-hybridized carbons (Fsp3) is 0.571. The van der Waals surface area contributed by atoms with Crippen molar-refractivity contribution >= 4 is 45.3 Å². The van der Waals surface area contributed by atoms with Crippen molar-refractivity contribution in [2.24, 2.45) is 0 Å². The molecule has 0 aliphatic carbocycles. The summed E-state index contributed by atoms with van der Waals surface area (Å²) in [6, 6.07) is 8.97. The van der Waals surface area contributed by atoms with Crippen LogP contribution in [-0.4, -0.2) is 52.5 Å². The van der Waals surface area contributed by atoms with Gasteiger partial charge in [-0.2, -0.15) is 0 Å². The molecule has 2 aliphatic heterocycles. The molecule has 20 heavy (non-hydrogen) atoms. The molecule has 1 aromatic rings. The van der Waals surface area contributed by atoms with E-state index in [1.807, 2.05) is 0 Å². The van der Waals surface area contributed by atoms with Crippen molar-refractivity contribution < 1.29 is 4.74 Å². The Hall–Kier alpha value is -0.300. The van der Waals surface area contributed by atoms with Crippen LogP contribution in [0.2, 0.25) is 0 Å². The second-order valence-electron chi connectivity index (χ2n) is 4.85. The van der Waals surface area contributed by atoms with Crippen LogP contribution in [0.3, 0.4) is 0 Å². The monoisotopic (exact) mass is 407 g/mol. The first-order chi connectivity index (χ1) is 8.93. The van der Waals surface area contributed by atoms with Crippen LogP contribution in [0.4, 0.5) is 11.4 Å². The van der Waals surface area contributed by atoms with E-state index < -0.39 is 0 Å². The molecule has 1 aromatic carbocycles. The van der Waals surface area contributed by atoms with Gasteiger partial charge in [-0.15, -0.1) is 34.0 Å². The predicted molar refractivity (Wildman–Crippen MR) is 95.2 cm³/mol. The van der Waals surface area contributed by atoms with Gasteiger partial charge in [-0.1, -0.05) is 0 Å². The number of rotatable bonds is 2. The van der Waals surface area contributed by atoms with E-state index in [2.05, 4.69) is 39.4 Å². The van der Waals surface area contributed by atoms with Crippen molar-refractivity contribution in [1.29, 1.82) is 0 Å². The van der Waals surface area contributed by atoms with Gasteiger partial charge < -0.3 is 19.9 Å². The van der Waals surface area contributed by atoms with Gasteiger partial charge in [-0.3, -0.25) is 0 Å². The lowest BCUT2D eigenvalue weighted by Crippen LogP contribution is -2.43. The van der Waals surface area contributed by atoms with E-state index in [0.29, 0.717) is 0 Å². The molecule has 0 atom stereocenters. The Morgan fingerprint density at radius 1 is 0.750 bits per heavy atom. The summed E-state index contributed by atoms with van der Waals surface area (Å²) in [7, 11) is 0. The van der Waals surface area contributed by atoms with Gasteiger partial charge in [-0.05, 0) is 24.3 Å². The largest absolute Gasteiger partial charge is 0.378 e. The van der Waals surface area contributed by atoms with Gasteiger partial charge in [0.1, 0.15) is 0 Å². The van der Waals surface area contributed by atoms with Crippen LogP contribution in [0.25, 0.3) is 0 Å². The topological polar surface area (TPSA) is 27.7 Å². The molecule has 0 aromatic heterocycles. The summed E-state index contributed by atoms with van der Waals surface area (Å²) in [5.41, 5.74) is 2.66. The first-order valence-electron chi connectivity index (χ1n) is 6.82. The molecule has 0 radical (unpaired) electrons. The van der Waals surface area contributed by atoms with Gasteiger partial charge in [-0.25, -0.2) is 0 Å². The number of anilines is 2. The van der Waals surface area contributed by atoms with Crippen molar-refractivity contribution in [1.82, 2.24) is 5.32 Å². The summed E-state index contributed by atoms with van der Waals surface area (Å²) >= 11 is 0. The number of hydrogen-bond donors (Lipinski definition) is 1. The number of benzene rings is 1. The summed E-state index contributed by atoms with van der Waals surface area (Å²) < 4.78 is 5.38. The molecule has 0 spiro atoms. The van der Waals surface area contributed by atoms with Gasteiger partial charge >= 0.3 is 0 Å². The number of piperazine rings is 1. The Bertz CT molecular complexity index is 340. The molecule has 0 unspecified atom stereocenters. The van der Waals surface area contributed by atoms with Gasteiger partial charge in [0.05, 0.1) is 13.2 Å². The molecule has 114 valence electrons. The summed E-state index contributed by atoms with van der Waals surface area (Å²) in [6.45, 7) is 8.10. The summed E-state index contributed by atoms with van der Waals surface area (Å²) in [6.07, 6.45) is 0. The minimum atomic E-state index is 0. The van der Waals surface area contributed by atoms with Crippen LogP contribution in [-0.2, 0) is 4.74 Å². The van der Waals surface area contributed by atoms with E-state index in [0.717, 1.165) is 52.5 Å². The third-order valence-corrected chi connectivity index (χ3v) is 3.71. The molecule has 0 saturated carbocycles. The van der Waals surface area contributed by atoms with Gasteiger partial charge in [0.15, 0.2) is 0 Å². The minimum absolute atomic E-state index is 0. The SMILES string of the molecule is Br.Br.c1cc(N2CCOCC2)ccc1N1CCNCC1. The Balaban J connectivity index is 0.000001000. The van der Waals surface area contributed by atoms with Crippen LogP contribution in [0, 0.1) is 0 Å². The molecular weight excluding hydrogens is 386 g/mol. The Morgan fingerprint density at radius 2 is 1.20 bits per heavy atom. The molecule has 0 bridgehead atoms. The van der Waals surface area contributed by atoms with Crippen molar-refractivity contribution in [2.75, 3.05) is 62.3 Å². The van der Waals surface area contributed by atoms with Crippen molar-refractivity contribution in [2.45, 2.75) is 0 Å². The summed E-state index contributed by atoms with van der Waals surface area (Å²) in [4.78, 5) is 4.84. The quantitative estimate of drug-likeness (QED) is 0.810. The highest BCUT2D eigenvalue weighted by molar-refractivity contribution is 8.93. The third kappa shape index (κ3) is 4.35. The van der Waals surface area contributed by atoms with Crippen molar-refractivity contribution in [3.63, 3.8) is 0 Å². The molecule has 1 N–H and O–H groups in total. The van der Waals surface area contributed by atoms with Crippen molar-refractivity contribution in [3.8, 4) is 0 Å². The third-order valence-electron chi connectivity index (χ3n) is 3.71. The standard InChI is InChI=1S/C14H21N3O.2BrH/c1-3-14(17-9-11-18-12-10-17)4-2-13(1)16-7-5-15-6-8-16;;/h1-4,15H,5-12H2;2*1H. The molecule has 2 fully saturated rings. The van der Waals surface area contributed by atoms with Gasteiger partial charge in [0.2, 0.25) is 0 Å². The first kappa shape index (κ1) is 17.8. The number of nitrogens with zero attached hydrogens (tertiary/aromatic N) is 2. The second kappa shape index (κ2) is 8.87. The van der Waals surface area contributed by atoms with E-state index in [1.54, 1.807) is 0 Å². The number of nitrogens with one attached hydrogen (secondary N) is 1. The fourth-order valence-electron chi connectivity index (χ4n) is 2.62. The molecular formula is C14H23Br2N3O. The van der Waals surface area contributed by atoms with Crippen LogP contribution < -0.4 is 15.1 Å². The zero-order valence-corrected chi connectivity index (χ0v) is 15.0. The van der Waals surface area contributed by atoms with E-state index in [9.17, 15) is 0 Å². The molecule has 6 heteroatoms. The predicted octanol–water partition coefficient (Wildman–Crippen LogP) is 2.09. The lowest BCUT2D eigenvalue weighted by atomic mass is 10.2. The van der Waals surface area contributed by atoms with Crippen LogP contribution in [0.15, 0.2) is 24.3 Å². The van der Waals surface area contributed by atoms with E-state index >= 15 is 0 Å². The van der Waals surface area contributed by atoms with Crippen LogP contribution >= 0.6 is 34.0 Å². The first-order valence-corrected chi connectivity index (χ1v) is 6.82. The molecule has 0 amide bonds. The molecule has 2 saturated heterocycles. The van der Waals surface area contributed by atoms with Gasteiger partial charge in [0.25, 0.3) is 0 Å². The molecule has 2 aliphatic rings. The average molecular weight is 409 g/mol. The highest BCUT2D eigenvalue weighted by Crippen LogP contribution is 2.21. The molecule has 2 heterocycles. The minimum Gasteiger partial charge on any atom is -0.378 e. The lowest BCUT2D eigenvalue weighted by Gasteiger charge is -2.31. The lowest BCUT2D eigenvalue weighted by molar-refractivity contribution is 0.122. The Morgan fingerprint density at radius 3 is 1.70 bits per heavy atom. The zero-order valence-electron chi connectivity index (χ0n) is 11.6. The molecule has 4 nitrogen and oxygen atoms in total. The highest BCUT2D eigenvalue weighted by Gasteiger charge is 2.13.